The summed E-state index contributed by atoms with van der Waals surface area (Å²) in [6.07, 6.45) is -0.248. The Morgan fingerprint density at radius 1 is 0.775 bits per heavy atom. The van der Waals surface area contributed by atoms with Crippen molar-refractivity contribution < 1.29 is 53.4 Å². The molecular formula is C45H75N13O11S2. The van der Waals surface area contributed by atoms with Gasteiger partial charge in [-0.05, 0) is 81.5 Å². The summed E-state index contributed by atoms with van der Waals surface area (Å²) in [4.78, 5) is 127. The Morgan fingerprint density at radius 2 is 1.38 bits per heavy atom. The molecular weight excluding hydrogens is 963 g/mol. The fourth-order valence-corrected chi connectivity index (χ4v) is 9.45. The Bertz CT molecular complexity index is 1990. The molecule has 9 amide bonds. The number of nitrogens with two attached hydrogens (primary N) is 4. The molecule has 1 aliphatic rings. The van der Waals surface area contributed by atoms with Gasteiger partial charge in [-0.2, -0.15) is 0 Å². The number of amides is 9. The van der Waals surface area contributed by atoms with Gasteiger partial charge < -0.3 is 75.7 Å². The molecule has 0 radical (unpaired) electrons. The minimum atomic E-state index is -1.64. The highest BCUT2D eigenvalue weighted by Gasteiger charge is 2.37. The molecule has 1 heterocycles. The lowest BCUT2D eigenvalue weighted by Crippen LogP contribution is -2.63. The van der Waals surface area contributed by atoms with Crippen molar-refractivity contribution in [1.29, 1.82) is 0 Å². The monoisotopic (exact) mass is 1040 g/mol. The fourth-order valence-electron chi connectivity index (χ4n) is 7.13. The second kappa shape index (κ2) is 31.5. The maximum atomic E-state index is 14.4. The first-order chi connectivity index (χ1) is 33.5. The summed E-state index contributed by atoms with van der Waals surface area (Å²) in [6.45, 7) is 9.87. The number of aliphatic hydroxyl groups is 1. The van der Waals surface area contributed by atoms with Crippen LogP contribution in [-0.2, 0) is 49.6 Å². The van der Waals surface area contributed by atoms with Gasteiger partial charge in [0, 0.05) is 31.4 Å². The minimum absolute atomic E-state index is 0.00681. The van der Waals surface area contributed by atoms with Crippen LogP contribution in [0, 0.1) is 11.8 Å². The van der Waals surface area contributed by atoms with Gasteiger partial charge >= 0.3 is 0 Å². The van der Waals surface area contributed by atoms with Crippen molar-refractivity contribution in [2.45, 2.75) is 147 Å². The van der Waals surface area contributed by atoms with Crippen LogP contribution >= 0.6 is 21.6 Å². The Hall–Kier alpha value is -5.86. The molecule has 1 aromatic carbocycles. The summed E-state index contributed by atoms with van der Waals surface area (Å²) in [6, 6.07) is -4.88. The van der Waals surface area contributed by atoms with Gasteiger partial charge in [-0.1, -0.05) is 67.8 Å². The SMILES string of the molecule is CC[C@H](C)[C@@H]1NC(=O)[C@H](CC(C)C)NC(=O)C(NC(C)=O)CSSC[C@@H](C(=O)N[C@@H](CCCN=C(N)N)C(=O)N[C@@H](Cc2ccc(O)cc2)C(N)=O)NC(=O)[C@H](CCCCN)NC(=O)C([C@@H](C)O)NC1=O. The molecule has 398 valence electrons. The number of primary amides is 1. The number of benzene rings is 1. The zero-order chi connectivity index (χ0) is 53.4. The van der Waals surface area contributed by atoms with Gasteiger partial charge in [0.15, 0.2) is 5.96 Å². The van der Waals surface area contributed by atoms with E-state index >= 15 is 0 Å². The Labute approximate surface area is 422 Å². The van der Waals surface area contributed by atoms with Crippen LogP contribution in [0.2, 0.25) is 0 Å². The standard InChI is InChI=1S/C45H75N13O11S2/c1-7-24(4)35-43(68)58-36(25(5)59)44(69)53-29(11-8-9-17-46)39(64)56-34(22-71-70-21-33(51-26(6)60)41(66)55-32(19-23(2)3)40(65)57-35)42(67)52-30(12-10-18-50-45(48)49)38(63)54-31(37(47)62)20-27-13-15-28(61)16-14-27/h13-16,23-25,29-36,59,61H,7-12,17-22,46H2,1-6H3,(H2,47,62)(H,51,60)(H,52,67)(H,53,69)(H,54,63)(H,55,66)(H,56,64)(H,57,65)(H,58,68)(H4,48,49,50)/t24-,25+,29-,30-,31-,32-,33?,34-,35-,36?/m0/s1. The largest absolute Gasteiger partial charge is 0.508 e. The van der Waals surface area contributed by atoms with Gasteiger partial charge in [-0.3, -0.25) is 48.1 Å². The number of hydrogen-bond acceptors (Lipinski definition) is 15. The lowest BCUT2D eigenvalue weighted by Gasteiger charge is -2.31. The van der Waals surface area contributed by atoms with Crippen LogP contribution in [0.5, 0.6) is 5.75 Å². The van der Waals surface area contributed by atoms with Crippen molar-refractivity contribution in [1.82, 2.24) is 42.5 Å². The van der Waals surface area contributed by atoms with Gasteiger partial charge in [0.25, 0.3) is 0 Å². The van der Waals surface area contributed by atoms with Gasteiger partial charge in [0.2, 0.25) is 53.2 Å². The number of nitrogens with zero attached hydrogens (tertiary/aromatic N) is 1. The molecule has 10 atom stereocenters. The molecule has 0 spiro atoms. The lowest BCUT2D eigenvalue weighted by atomic mass is 9.96. The third kappa shape index (κ3) is 22.4. The highest BCUT2D eigenvalue weighted by Crippen LogP contribution is 2.24. The van der Waals surface area contributed by atoms with Crippen LogP contribution in [0.15, 0.2) is 29.3 Å². The molecule has 2 rings (SSSR count). The maximum Gasteiger partial charge on any atom is 0.245 e. The van der Waals surface area contributed by atoms with E-state index in [0.29, 0.717) is 24.8 Å². The first-order valence-corrected chi connectivity index (χ1v) is 26.1. The van der Waals surface area contributed by atoms with Crippen molar-refractivity contribution in [3.05, 3.63) is 29.8 Å². The fraction of sp³-hybridized carbons (Fsp3) is 0.644. The molecule has 2 unspecified atom stereocenters. The second-order valence-electron chi connectivity index (χ2n) is 17.9. The van der Waals surface area contributed by atoms with Crippen LogP contribution in [-0.4, -0.2) is 148 Å². The average molecular weight is 1040 g/mol. The van der Waals surface area contributed by atoms with Gasteiger partial charge in [0.05, 0.1) is 6.10 Å². The van der Waals surface area contributed by atoms with E-state index in [1.807, 2.05) is 13.8 Å². The molecule has 1 fully saturated rings. The molecule has 1 aliphatic heterocycles. The summed E-state index contributed by atoms with van der Waals surface area (Å²) in [5.74, 6) is -8.47. The van der Waals surface area contributed by atoms with E-state index < -0.39 is 114 Å². The Kier molecular flexibility index (Phi) is 27.2. The Balaban J connectivity index is 2.69. The van der Waals surface area contributed by atoms with E-state index in [0.717, 1.165) is 21.6 Å². The number of aliphatic hydroxyl groups excluding tert-OH is 1. The van der Waals surface area contributed by atoms with E-state index in [1.165, 1.54) is 38.1 Å². The third-order valence-corrected chi connectivity index (χ3v) is 13.7. The van der Waals surface area contributed by atoms with Crippen molar-refractivity contribution in [2.75, 3.05) is 24.6 Å². The van der Waals surface area contributed by atoms with Crippen LogP contribution in [0.3, 0.4) is 0 Å². The summed E-state index contributed by atoms with van der Waals surface area (Å²) in [5, 5.41) is 41.6. The van der Waals surface area contributed by atoms with Crippen molar-refractivity contribution >= 4 is 80.7 Å². The van der Waals surface area contributed by atoms with Crippen molar-refractivity contribution in [3.8, 4) is 5.75 Å². The lowest BCUT2D eigenvalue weighted by molar-refractivity contribution is -0.137. The smallest absolute Gasteiger partial charge is 0.245 e. The third-order valence-electron chi connectivity index (χ3n) is 11.3. The number of carbonyl (C=O) groups is 9. The molecule has 24 nitrogen and oxygen atoms in total. The number of nitrogens with one attached hydrogen (secondary N) is 8. The highest BCUT2D eigenvalue weighted by atomic mass is 33.1. The van der Waals surface area contributed by atoms with Crippen molar-refractivity contribution in [3.63, 3.8) is 0 Å². The van der Waals surface area contributed by atoms with Crippen LogP contribution in [0.4, 0.5) is 0 Å². The molecule has 26 heteroatoms. The van der Waals surface area contributed by atoms with Crippen molar-refractivity contribution in [2.24, 2.45) is 39.8 Å². The zero-order valence-corrected chi connectivity index (χ0v) is 42.9. The van der Waals surface area contributed by atoms with Crippen LogP contribution in [0.25, 0.3) is 0 Å². The number of phenols is 1. The van der Waals surface area contributed by atoms with E-state index in [4.69, 9.17) is 22.9 Å². The molecule has 0 bridgehead atoms. The first kappa shape index (κ1) is 61.3. The maximum absolute atomic E-state index is 14.4. The van der Waals surface area contributed by atoms with Gasteiger partial charge in [-0.25, -0.2) is 0 Å². The van der Waals surface area contributed by atoms with E-state index in [-0.39, 0.29) is 74.3 Å². The zero-order valence-electron chi connectivity index (χ0n) is 41.3. The quantitative estimate of drug-likeness (QED) is 0.0259. The van der Waals surface area contributed by atoms with Crippen LogP contribution in [0.1, 0.15) is 92.1 Å². The number of carbonyl (C=O) groups excluding carboxylic acids is 9. The molecule has 71 heavy (non-hydrogen) atoms. The molecule has 18 N–H and O–H groups in total. The van der Waals surface area contributed by atoms with Crippen LogP contribution < -0.4 is 65.5 Å². The predicted molar refractivity (Wildman–Crippen MR) is 270 cm³/mol. The number of rotatable bonds is 21. The normalized spacial score (nSPS) is 22.6. The number of guanidine groups is 1. The predicted octanol–water partition coefficient (Wildman–Crippen LogP) is -2.63. The van der Waals surface area contributed by atoms with E-state index in [9.17, 15) is 53.4 Å². The molecule has 0 saturated carbocycles. The molecule has 1 aromatic rings. The van der Waals surface area contributed by atoms with Gasteiger partial charge in [0.1, 0.15) is 54.1 Å². The molecule has 0 aromatic heterocycles. The molecule has 1 saturated heterocycles. The Morgan fingerprint density at radius 3 is 1.96 bits per heavy atom. The summed E-state index contributed by atoms with van der Waals surface area (Å²) in [7, 11) is 2.06. The summed E-state index contributed by atoms with van der Waals surface area (Å²) < 4.78 is 0. The number of aliphatic imine (C=N–C) groups is 1. The topological polar surface area (TPSA) is 407 Å². The minimum Gasteiger partial charge on any atom is -0.508 e. The van der Waals surface area contributed by atoms with E-state index in [2.05, 4.69) is 47.5 Å². The highest BCUT2D eigenvalue weighted by molar-refractivity contribution is 8.76. The second-order valence-corrected chi connectivity index (χ2v) is 20.4. The summed E-state index contributed by atoms with van der Waals surface area (Å²) >= 11 is 0. The number of unbranched alkanes of at least 4 members (excludes halogenated alkanes) is 1. The number of phenolic OH excluding ortho intramolecular Hbond substituents is 1. The average Bonchev–Trinajstić information content (AvgIpc) is 3.29. The summed E-state index contributed by atoms with van der Waals surface area (Å²) in [5.41, 5.74) is 23.0. The van der Waals surface area contributed by atoms with E-state index in [1.54, 1.807) is 13.8 Å². The molecule has 0 aliphatic carbocycles. The van der Waals surface area contributed by atoms with Gasteiger partial charge in [-0.15, -0.1) is 0 Å². The first-order valence-electron chi connectivity index (χ1n) is 23.6. The number of hydrogen-bond donors (Lipinski definition) is 14. The number of aromatic hydroxyl groups is 1.